The van der Waals surface area contributed by atoms with E-state index in [2.05, 4.69) is 56.9 Å². The van der Waals surface area contributed by atoms with E-state index >= 15 is 0 Å². The Morgan fingerprint density at radius 1 is 1.28 bits per heavy atom. The summed E-state index contributed by atoms with van der Waals surface area (Å²) >= 11 is 3.53. The van der Waals surface area contributed by atoms with Gasteiger partial charge >= 0.3 is 0 Å². The molecule has 18 heavy (non-hydrogen) atoms. The van der Waals surface area contributed by atoms with Gasteiger partial charge in [-0.05, 0) is 24.6 Å². The second-order valence-corrected chi connectivity index (χ2v) is 5.75. The molecule has 1 aliphatic heterocycles. The van der Waals surface area contributed by atoms with Crippen LogP contribution in [0.25, 0.3) is 0 Å². The van der Waals surface area contributed by atoms with Gasteiger partial charge in [-0.25, -0.2) is 0 Å². The minimum absolute atomic E-state index is 0.265. The minimum Gasteiger partial charge on any atom is -0.395 e. The fourth-order valence-electron chi connectivity index (χ4n) is 2.49. The van der Waals surface area contributed by atoms with E-state index in [9.17, 15) is 0 Å². The van der Waals surface area contributed by atoms with Crippen LogP contribution in [0.15, 0.2) is 28.7 Å². The highest BCUT2D eigenvalue weighted by molar-refractivity contribution is 9.10. The van der Waals surface area contributed by atoms with Crippen LogP contribution in [0.3, 0.4) is 0 Å². The van der Waals surface area contributed by atoms with Crippen LogP contribution in [0, 0.1) is 0 Å². The summed E-state index contributed by atoms with van der Waals surface area (Å²) in [5.41, 5.74) is 1.36. The highest BCUT2D eigenvalue weighted by Crippen LogP contribution is 2.24. The maximum Gasteiger partial charge on any atom is 0.0558 e. The molecule has 1 aromatic rings. The Bertz CT molecular complexity index is 378. The lowest BCUT2D eigenvalue weighted by Gasteiger charge is -2.38. The highest BCUT2D eigenvalue weighted by atomic mass is 79.9. The molecular formula is C14H21BrN2O. The third-order valence-electron chi connectivity index (χ3n) is 3.70. The highest BCUT2D eigenvalue weighted by Gasteiger charge is 2.21. The molecule has 1 fully saturated rings. The zero-order valence-electron chi connectivity index (χ0n) is 10.8. The second kappa shape index (κ2) is 6.66. The molecule has 1 atom stereocenters. The predicted molar refractivity (Wildman–Crippen MR) is 77.7 cm³/mol. The third-order valence-corrected chi connectivity index (χ3v) is 4.20. The van der Waals surface area contributed by atoms with Crippen LogP contribution in [0.1, 0.15) is 18.5 Å². The summed E-state index contributed by atoms with van der Waals surface area (Å²) in [4.78, 5) is 4.83. The summed E-state index contributed by atoms with van der Waals surface area (Å²) in [6, 6.07) is 9.01. The van der Waals surface area contributed by atoms with Gasteiger partial charge in [-0.15, -0.1) is 0 Å². The van der Waals surface area contributed by atoms with Gasteiger partial charge in [-0.1, -0.05) is 28.1 Å². The van der Waals surface area contributed by atoms with Crippen LogP contribution in [-0.4, -0.2) is 54.2 Å². The number of hydrogen-bond acceptors (Lipinski definition) is 3. The Hall–Kier alpha value is -0.420. The molecule has 3 nitrogen and oxygen atoms in total. The fourth-order valence-corrected chi connectivity index (χ4v) is 2.91. The number of aliphatic hydroxyl groups excluding tert-OH is 1. The molecule has 0 aromatic heterocycles. The topological polar surface area (TPSA) is 26.7 Å². The summed E-state index contributed by atoms with van der Waals surface area (Å²) < 4.78 is 1.14. The maximum absolute atomic E-state index is 8.94. The molecule has 2 rings (SSSR count). The van der Waals surface area contributed by atoms with Crippen LogP contribution in [0.4, 0.5) is 0 Å². The largest absolute Gasteiger partial charge is 0.395 e. The first kappa shape index (κ1) is 14.0. The molecule has 1 saturated heterocycles. The lowest BCUT2D eigenvalue weighted by atomic mass is 10.1. The molecule has 0 bridgehead atoms. The molecule has 0 amide bonds. The van der Waals surface area contributed by atoms with Gasteiger partial charge in [0.25, 0.3) is 0 Å². The molecule has 0 aliphatic carbocycles. The number of aliphatic hydroxyl groups is 1. The molecule has 1 aliphatic rings. The molecule has 1 N–H and O–H groups in total. The van der Waals surface area contributed by atoms with E-state index in [0.29, 0.717) is 6.04 Å². The van der Waals surface area contributed by atoms with Gasteiger partial charge in [0.15, 0.2) is 0 Å². The van der Waals surface area contributed by atoms with E-state index in [1.807, 2.05) is 0 Å². The standard InChI is InChI=1S/C14H21BrN2O/c1-12(13-3-2-4-14(15)11-13)17-7-5-16(6-8-17)9-10-18/h2-4,11-12,18H,5-10H2,1H3. The van der Waals surface area contributed by atoms with Crippen molar-refractivity contribution in [3.63, 3.8) is 0 Å². The van der Waals surface area contributed by atoms with Crippen molar-refractivity contribution in [1.29, 1.82) is 0 Å². The average molecular weight is 313 g/mol. The number of hydrogen-bond donors (Lipinski definition) is 1. The van der Waals surface area contributed by atoms with E-state index in [1.165, 1.54) is 5.56 Å². The Labute approximate surface area is 118 Å². The number of benzene rings is 1. The third kappa shape index (κ3) is 3.54. The van der Waals surface area contributed by atoms with Crippen LogP contribution >= 0.6 is 15.9 Å². The monoisotopic (exact) mass is 312 g/mol. The Morgan fingerprint density at radius 3 is 2.61 bits per heavy atom. The van der Waals surface area contributed by atoms with Gasteiger partial charge in [0, 0.05) is 43.2 Å². The molecule has 0 radical (unpaired) electrons. The minimum atomic E-state index is 0.265. The lowest BCUT2D eigenvalue weighted by Crippen LogP contribution is -2.47. The summed E-state index contributed by atoms with van der Waals surface area (Å²) in [5, 5.41) is 8.94. The number of β-amino-alcohol motifs (C(OH)–C–C–N with tert-alkyl or cyclic N) is 1. The van der Waals surface area contributed by atoms with Crippen molar-refractivity contribution in [2.75, 3.05) is 39.3 Å². The van der Waals surface area contributed by atoms with Crippen molar-refractivity contribution < 1.29 is 5.11 Å². The summed E-state index contributed by atoms with van der Waals surface area (Å²) in [6.45, 7) is 7.60. The number of piperazine rings is 1. The average Bonchev–Trinajstić information content (AvgIpc) is 2.39. The SMILES string of the molecule is CC(c1cccc(Br)c1)N1CCN(CCO)CC1. The molecular weight excluding hydrogens is 292 g/mol. The van der Waals surface area contributed by atoms with Crippen LogP contribution in [0.2, 0.25) is 0 Å². The van der Waals surface area contributed by atoms with Crippen molar-refractivity contribution in [3.8, 4) is 0 Å². The van der Waals surface area contributed by atoms with Crippen molar-refractivity contribution in [1.82, 2.24) is 9.80 Å². The van der Waals surface area contributed by atoms with Gasteiger partial charge < -0.3 is 5.11 Å². The Balaban J connectivity index is 1.93. The zero-order valence-corrected chi connectivity index (χ0v) is 12.4. The Morgan fingerprint density at radius 2 is 2.00 bits per heavy atom. The van der Waals surface area contributed by atoms with E-state index in [0.717, 1.165) is 37.2 Å². The van der Waals surface area contributed by atoms with E-state index in [4.69, 9.17) is 5.11 Å². The van der Waals surface area contributed by atoms with E-state index < -0.39 is 0 Å². The Kier molecular flexibility index (Phi) is 5.18. The van der Waals surface area contributed by atoms with E-state index in [-0.39, 0.29) is 6.61 Å². The van der Waals surface area contributed by atoms with Crippen molar-refractivity contribution in [2.24, 2.45) is 0 Å². The molecule has 4 heteroatoms. The second-order valence-electron chi connectivity index (χ2n) is 4.83. The van der Waals surface area contributed by atoms with Gasteiger partial charge in [-0.3, -0.25) is 9.80 Å². The van der Waals surface area contributed by atoms with Gasteiger partial charge in [0.05, 0.1) is 6.61 Å². The lowest BCUT2D eigenvalue weighted by molar-refractivity contribution is 0.0888. The van der Waals surface area contributed by atoms with Crippen molar-refractivity contribution in [3.05, 3.63) is 34.3 Å². The van der Waals surface area contributed by atoms with Gasteiger partial charge in [0.2, 0.25) is 0 Å². The molecule has 100 valence electrons. The van der Waals surface area contributed by atoms with Crippen molar-refractivity contribution >= 4 is 15.9 Å². The van der Waals surface area contributed by atoms with Crippen molar-refractivity contribution in [2.45, 2.75) is 13.0 Å². The number of halogens is 1. The molecule has 0 saturated carbocycles. The van der Waals surface area contributed by atoms with E-state index in [1.54, 1.807) is 0 Å². The number of nitrogens with zero attached hydrogens (tertiary/aromatic N) is 2. The predicted octanol–water partition coefficient (Wildman–Crippen LogP) is 2.12. The summed E-state index contributed by atoms with van der Waals surface area (Å²) in [6.07, 6.45) is 0. The first-order valence-corrected chi connectivity index (χ1v) is 7.32. The zero-order chi connectivity index (χ0) is 13.0. The first-order valence-electron chi connectivity index (χ1n) is 6.53. The van der Waals surface area contributed by atoms with Crippen LogP contribution in [0.5, 0.6) is 0 Å². The van der Waals surface area contributed by atoms with Crippen LogP contribution < -0.4 is 0 Å². The van der Waals surface area contributed by atoms with Crippen LogP contribution in [-0.2, 0) is 0 Å². The maximum atomic E-state index is 8.94. The molecule has 1 aromatic carbocycles. The quantitative estimate of drug-likeness (QED) is 0.922. The molecule has 1 heterocycles. The van der Waals surface area contributed by atoms with Gasteiger partial charge in [0.1, 0.15) is 0 Å². The smallest absolute Gasteiger partial charge is 0.0558 e. The van der Waals surface area contributed by atoms with Gasteiger partial charge in [-0.2, -0.15) is 0 Å². The number of rotatable bonds is 4. The molecule has 0 spiro atoms. The molecule has 1 unspecified atom stereocenters. The summed E-state index contributed by atoms with van der Waals surface area (Å²) in [5.74, 6) is 0. The first-order chi connectivity index (χ1) is 8.70. The summed E-state index contributed by atoms with van der Waals surface area (Å²) in [7, 11) is 0. The normalized spacial score (nSPS) is 19.9. The fraction of sp³-hybridized carbons (Fsp3) is 0.571.